The van der Waals surface area contributed by atoms with Gasteiger partial charge in [0.15, 0.2) is 0 Å². The Morgan fingerprint density at radius 1 is 1.13 bits per heavy atom. The average Bonchev–Trinajstić information content (AvgIpc) is 3.36. The minimum absolute atomic E-state index is 0.123. The second-order valence-electron chi connectivity index (χ2n) is 5.62. The molecule has 1 saturated carbocycles. The first kappa shape index (κ1) is 16.2. The van der Waals surface area contributed by atoms with Crippen LogP contribution in [0.2, 0.25) is 5.02 Å². The lowest BCUT2D eigenvalue weighted by molar-refractivity contribution is -0.120. The number of carbonyl (C=O) groups is 1. The lowest BCUT2D eigenvalue weighted by atomic mass is 10.1. The maximum Gasteiger partial charge on any atom is 0.244 e. The second-order valence-corrected chi connectivity index (χ2v) is 6.97. The third-order valence-electron chi connectivity index (χ3n) is 3.68. The van der Waals surface area contributed by atoms with Crippen molar-refractivity contribution in [2.24, 2.45) is 11.0 Å². The van der Waals surface area contributed by atoms with Crippen LogP contribution in [0.15, 0.2) is 58.1 Å². The van der Waals surface area contributed by atoms with Crippen LogP contribution in [0, 0.1) is 5.92 Å². The fourth-order valence-corrected chi connectivity index (χ4v) is 2.71. The number of halogens is 2. The van der Waals surface area contributed by atoms with Crippen molar-refractivity contribution in [3.63, 3.8) is 0 Å². The van der Waals surface area contributed by atoms with Crippen molar-refractivity contribution in [2.75, 3.05) is 0 Å². The quantitative estimate of drug-likeness (QED) is 0.588. The fraction of sp³-hybridized carbons (Fsp3) is 0.222. The van der Waals surface area contributed by atoms with E-state index >= 15 is 0 Å². The van der Waals surface area contributed by atoms with E-state index < -0.39 is 0 Å². The lowest BCUT2D eigenvalue weighted by Gasteiger charge is -2.07. The topological polar surface area (TPSA) is 41.5 Å². The smallest absolute Gasteiger partial charge is 0.244 e. The van der Waals surface area contributed by atoms with E-state index in [4.69, 9.17) is 11.6 Å². The molecule has 2 aromatic rings. The van der Waals surface area contributed by atoms with Gasteiger partial charge in [-0.2, -0.15) is 5.10 Å². The number of hydrazone groups is 1. The Morgan fingerprint density at radius 2 is 1.78 bits per heavy atom. The summed E-state index contributed by atoms with van der Waals surface area (Å²) in [7, 11) is 0. The van der Waals surface area contributed by atoms with Crippen LogP contribution in [0.1, 0.15) is 24.0 Å². The monoisotopic (exact) mass is 390 g/mol. The van der Waals surface area contributed by atoms with Gasteiger partial charge in [0, 0.05) is 15.4 Å². The molecule has 0 radical (unpaired) electrons. The van der Waals surface area contributed by atoms with Crippen LogP contribution in [-0.4, -0.2) is 11.6 Å². The summed E-state index contributed by atoms with van der Waals surface area (Å²) < 4.78 is 1.03. The molecule has 0 bridgehead atoms. The maximum absolute atomic E-state index is 12.1. The number of nitrogens with zero attached hydrogens (tertiary/aromatic N) is 1. The Hall–Kier alpha value is -1.65. The Morgan fingerprint density at radius 3 is 2.39 bits per heavy atom. The molecule has 1 amide bonds. The van der Waals surface area contributed by atoms with E-state index in [1.54, 1.807) is 12.1 Å². The molecule has 0 spiro atoms. The normalized spacial score (nSPS) is 14.6. The highest BCUT2D eigenvalue weighted by atomic mass is 79.9. The zero-order valence-corrected chi connectivity index (χ0v) is 14.8. The summed E-state index contributed by atoms with van der Waals surface area (Å²) in [4.78, 5) is 12.1. The van der Waals surface area contributed by atoms with Crippen molar-refractivity contribution in [2.45, 2.75) is 19.3 Å². The molecule has 3 nitrogen and oxygen atoms in total. The highest BCUT2D eigenvalue weighted by Crippen LogP contribution is 2.33. The van der Waals surface area contributed by atoms with Gasteiger partial charge in [-0.25, -0.2) is 5.43 Å². The molecule has 23 heavy (non-hydrogen) atoms. The van der Waals surface area contributed by atoms with Gasteiger partial charge in [-0.3, -0.25) is 4.79 Å². The van der Waals surface area contributed by atoms with Crippen molar-refractivity contribution in [1.29, 1.82) is 0 Å². The molecule has 0 unspecified atom stereocenters. The van der Waals surface area contributed by atoms with E-state index in [0.717, 1.165) is 34.2 Å². The Bertz CT molecular complexity index is 722. The van der Waals surface area contributed by atoms with Crippen molar-refractivity contribution in [3.05, 3.63) is 69.2 Å². The number of amides is 1. The molecule has 0 heterocycles. The van der Waals surface area contributed by atoms with Crippen LogP contribution in [0.4, 0.5) is 0 Å². The zero-order chi connectivity index (χ0) is 16.2. The summed E-state index contributed by atoms with van der Waals surface area (Å²) in [5, 5.41) is 5.04. The Balaban J connectivity index is 1.67. The number of hydrogen-bond acceptors (Lipinski definition) is 2. The summed E-state index contributed by atoms with van der Waals surface area (Å²) in [5.74, 6) is 0.328. The van der Waals surface area contributed by atoms with Gasteiger partial charge in [0.25, 0.3) is 0 Å². The van der Waals surface area contributed by atoms with Gasteiger partial charge >= 0.3 is 0 Å². The van der Waals surface area contributed by atoms with E-state index in [0.29, 0.717) is 17.4 Å². The predicted octanol–water partition coefficient (Wildman–Crippen LogP) is 4.58. The van der Waals surface area contributed by atoms with E-state index in [2.05, 4.69) is 26.5 Å². The molecular formula is C18H16BrClN2O. The second kappa shape index (κ2) is 7.28. The molecule has 5 heteroatoms. The van der Waals surface area contributed by atoms with E-state index in [-0.39, 0.29) is 5.91 Å². The minimum Gasteiger partial charge on any atom is -0.273 e. The third kappa shape index (κ3) is 4.66. The van der Waals surface area contributed by atoms with Gasteiger partial charge in [0.1, 0.15) is 0 Å². The van der Waals surface area contributed by atoms with Crippen LogP contribution in [0.3, 0.4) is 0 Å². The molecule has 118 valence electrons. The first-order chi connectivity index (χ1) is 11.1. The molecule has 1 aliphatic rings. The van der Waals surface area contributed by atoms with Crippen molar-refractivity contribution < 1.29 is 4.79 Å². The van der Waals surface area contributed by atoms with Crippen molar-refractivity contribution >= 4 is 39.1 Å². The van der Waals surface area contributed by atoms with Crippen molar-refractivity contribution in [3.8, 4) is 0 Å². The summed E-state index contributed by atoms with van der Waals surface area (Å²) in [6.45, 7) is 0. The molecule has 1 aliphatic carbocycles. The molecule has 0 aromatic heterocycles. The summed E-state index contributed by atoms with van der Waals surface area (Å²) in [5.41, 5.74) is 5.62. The fourth-order valence-electron chi connectivity index (χ4n) is 2.32. The van der Waals surface area contributed by atoms with Crippen molar-refractivity contribution in [1.82, 2.24) is 5.43 Å². The van der Waals surface area contributed by atoms with Gasteiger partial charge in [-0.05, 0) is 48.2 Å². The third-order valence-corrected chi connectivity index (χ3v) is 4.46. The number of carbonyl (C=O) groups excluding carboxylic acids is 1. The standard InChI is InChI=1S/C18H16BrClN2O/c19-15-7-5-14(6-8-15)18(13-3-4-13)22-21-17(23)11-12-1-9-16(20)10-2-12/h1-2,5-10,13H,3-4,11H2,(H,21,23)/b22-18-. The molecule has 2 aromatic carbocycles. The Labute approximate surface area is 148 Å². The number of benzene rings is 2. The minimum atomic E-state index is -0.123. The number of rotatable bonds is 5. The zero-order valence-electron chi connectivity index (χ0n) is 12.4. The van der Waals surface area contributed by atoms with Crippen LogP contribution < -0.4 is 5.43 Å². The van der Waals surface area contributed by atoms with Gasteiger partial charge in [-0.15, -0.1) is 0 Å². The maximum atomic E-state index is 12.1. The first-order valence-corrected chi connectivity index (χ1v) is 8.66. The first-order valence-electron chi connectivity index (χ1n) is 7.48. The molecule has 0 saturated heterocycles. The molecule has 0 aliphatic heterocycles. The molecule has 0 atom stereocenters. The summed E-state index contributed by atoms with van der Waals surface area (Å²) >= 11 is 9.28. The van der Waals surface area contributed by atoms with E-state index in [9.17, 15) is 4.79 Å². The number of nitrogens with one attached hydrogen (secondary N) is 1. The summed E-state index contributed by atoms with van der Waals surface area (Å²) in [6, 6.07) is 15.3. The lowest BCUT2D eigenvalue weighted by Crippen LogP contribution is -2.22. The predicted molar refractivity (Wildman–Crippen MR) is 96.7 cm³/mol. The van der Waals surface area contributed by atoms with Gasteiger partial charge < -0.3 is 0 Å². The van der Waals surface area contributed by atoms with Crippen LogP contribution in [0.25, 0.3) is 0 Å². The summed E-state index contributed by atoms with van der Waals surface area (Å²) in [6.07, 6.45) is 2.54. The largest absolute Gasteiger partial charge is 0.273 e. The number of hydrogen-bond donors (Lipinski definition) is 1. The molecule has 1 N–H and O–H groups in total. The molecular weight excluding hydrogens is 376 g/mol. The van der Waals surface area contributed by atoms with E-state index in [1.807, 2.05) is 36.4 Å². The van der Waals surface area contributed by atoms with Gasteiger partial charge in [-0.1, -0.05) is 51.8 Å². The van der Waals surface area contributed by atoms with Gasteiger partial charge in [0.05, 0.1) is 12.1 Å². The van der Waals surface area contributed by atoms with Crippen LogP contribution in [-0.2, 0) is 11.2 Å². The molecule has 3 rings (SSSR count). The van der Waals surface area contributed by atoms with E-state index in [1.165, 1.54) is 0 Å². The van der Waals surface area contributed by atoms with Crippen LogP contribution in [0.5, 0.6) is 0 Å². The van der Waals surface area contributed by atoms with Gasteiger partial charge in [0.2, 0.25) is 5.91 Å². The SMILES string of the molecule is O=C(Cc1ccc(Cl)cc1)N/N=C(\c1ccc(Br)cc1)C1CC1. The molecule has 1 fully saturated rings. The average molecular weight is 392 g/mol. The highest BCUT2D eigenvalue weighted by molar-refractivity contribution is 9.10. The Kier molecular flexibility index (Phi) is 5.13. The van der Waals surface area contributed by atoms with Crippen LogP contribution >= 0.6 is 27.5 Å². The highest BCUT2D eigenvalue weighted by Gasteiger charge is 2.28.